The van der Waals surface area contributed by atoms with Gasteiger partial charge in [-0.3, -0.25) is 19.4 Å². The maximum Gasteiger partial charge on any atom is 0.258 e. The second-order valence-electron chi connectivity index (χ2n) is 7.85. The van der Waals surface area contributed by atoms with Gasteiger partial charge in [0.25, 0.3) is 5.56 Å². The number of aromatic amines is 1. The minimum Gasteiger partial charge on any atom is -0.351 e. The van der Waals surface area contributed by atoms with Gasteiger partial charge in [0.05, 0.1) is 11.5 Å². The number of amides is 2. The third-order valence-corrected chi connectivity index (χ3v) is 5.52. The third-order valence-electron chi connectivity index (χ3n) is 5.52. The monoisotopic (exact) mass is 395 g/mol. The van der Waals surface area contributed by atoms with E-state index in [9.17, 15) is 14.4 Å². The molecule has 3 N–H and O–H groups in total. The number of nitrogens with one attached hydrogen (secondary N) is 3. The van der Waals surface area contributed by atoms with E-state index in [1.807, 2.05) is 35.2 Å². The molecule has 2 unspecified atom stereocenters. The van der Waals surface area contributed by atoms with Crippen molar-refractivity contribution in [3.8, 4) is 0 Å². The maximum absolute atomic E-state index is 12.9. The highest BCUT2D eigenvalue weighted by Gasteiger charge is 2.35. The number of fused-ring (bicyclic) bond motifs is 1. The first-order valence-corrected chi connectivity index (χ1v) is 10.0. The van der Waals surface area contributed by atoms with Gasteiger partial charge in [-0.15, -0.1) is 0 Å². The second-order valence-corrected chi connectivity index (χ2v) is 7.85. The van der Waals surface area contributed by atoms with E-state index in [-0.39, 0.29) is 35.2 Å². The van der Waals surface area contributed by atoms with Gasteiger partial charge in [0.1, 0.15) is 5.82 Å². The summed E-state index contributed by atoms with van der Waals surface area (Å²) in [7, 11) is 0. The fourth-order valence-electron chi connectivity index (χ4n) is 4.02. The van der Waals surface area contributed by atoms with Crippen molar-refractivity contribution in [2.75, 3.05) is 23.3 Å². The van der Waals surface area contributed by atoms with Gasteiger partial charge in [-0.05, 0) is 24.3 Å². The molecule has 0 radical (unpaired) electrons. The highest BCUT2D eigenvalue weighted by Crippen LogP contribution is 2.30. The summed E-state index contributed by atoms with van der Waals surface area (Å²) in [5.74, 6) is -0.363. The Morgan fingerprint density at radius 3 is 2.83 bits per heavy atom. The average Bonchev–Trinajstić information content (AvgIpc) is 2.71. The van der Waals surface area contributed by atoms with Gasteiger partial charge in [-0.2, -0.15) is 4.98 Å². The van der Waals surface area contributed by atoms with E-state index < -0.39 is 5.92 Å². The van der Waals surface area contributed by atoms with Gasteiger partial charge in [0.2, 0.25) is 17.8 Å². The number of anilines is 2. The first kappa shape index (κ1) is 19.2. The number of H-pyrrole nitrogens is 1. The van der Waals surface area contributed by atoms with Crippen LogP contribution in [0.1, 0.15) is 43.2 Å². The molecule has 1 aromatic heterocycles. The van der Waals surface area contributed by atoms with Gasteiger partial charge >= 0.3 is 0 Å². The molecule has 0 spiro atoms. The zero-order valence-electron chi connectivity index (χ0n) is 16.4. The predicted molar refractivity (Wildman–Crippen MR) is 110 cm³/mol. The van der Waals surface area contributed by atoms with Crippen LogP contribution in [0, 0.1) is 5.92 Å². The molecule has 0 saturated carbocycles. The summed E-state index contributed by atoms with van der Waals surface area (Å²) in [6, 6.07) is 9.49. The van der Waals surface area contributed by atoms with E-state index in [2.05, 4.69) is 27.5 Å². The van der Waals surface area contributed by atoms with Crippen molar-refractivity contribution in [3.63, 3.8) is 0 Å². The Labute approximate surface area is 168 Å². The number of benzene rings is 1. The van der Waals surface area contributed by atoms with Gasteiger partial charge < -0.3 is 15.5 Å². The molecule has 0 bridgehead atoms. The quantitative estimate of drug-likeness (QED) is 0.731. The molecule has 3 heterocycles. The van der Waals surface area contributed by atoms with Crippen LogP contribution in [0.4, 0.5) is 11.8 Å². The van der Waals surface area contributed by atoms with Crippen LogP contribution < -0.4 is 21.1 Å². The zero-order valence-corrected chi connectivity index (χ0v) is 16.4. The molecule has 2 aliphatic rings. The molecule has 8 nitrogen and oxygen atoms in total. The summed E-state index contributed by atoms with van der Waals surface area (Å²) in [6.07, 6.45) is 2.10. The summed E-state index contributed by atoms with van der Waals surface area (Å²) < 4.78 is 0. The van der Waals surface area contributed by atoms with Crippen LogP contribution in [0.2, 0.25) is 0 Å². The molecule has 4 rings (SSSR count). The highest BCUT2D eigenvalue weighted by molar-refractivity contribution is 6.00. The number of hydrogen-bond donors (Lipinski definition) is 3. The van der Waals surface area contributed by atoms with E-state index >= 15 is 0 Å². The van der Waals surface area contributed by atoms with Crippen LogP contribution in [-0.4, -0.2) is 34.9 Å². The first-order chi connectivity index (χ1) is 14.0. The summed E-state index contributed by atoms with van der Waals surface area (Å²) in [5.41, 5.74) is 0.801. The lowest BCUT2D eigenvalue weighted by molar-refractivity contribution is -0.126. The Bertz CT molecular complexity index is 972. The summed E-state index contributed by atoms with van der Waals surface area (Å²) >= 11 is 0. The van der Waals surface area contributed by atoms with E-state index in [1.54, 1.807) is 0 Å². The fraction of sp³-hybridized carbons (Fsp3) is 0.429. The lowest BCUT2D eigenvalue weighted by atomic mass is 9.92. The highest BCUT2D eigenvalue weighted by atomic mass is 16.2. The number of hydrogen-bond acceptors (Lipinski definition) is 5. The lowest BCUT2D eigenvalue weighted by Crippen LogP contribution is -2.41. The summed E-state index contributed by atoms with van der Waals surface area (Å²) in [6.45, 7) is 4.11. The molecule has 1 aromatic carbocycles. The Hall–Kier alpha value is -3.16. The van der Waals surface area contributed by atoms with Gasteiger partial charge in [0, 0.05) is 26.1 Å². The first-order valence-electron chi connectivity index (χ1n) is 10.0. The largest absolute Gasteiger partial charge is 0.351 e. The molecule has 2 atom stereocenters. The molecule has 0 aliphatic carbocycles. The van der Waals surface area contributed by atoms with Crippen LogP contribution in [0.5, 0.6) is 0 Å². The minimum absolute atomic E-state index is 0.0710. The predicted octanol–water partition coefficient (Wildman–Crippen LogP) is 1.75. The Balaban J connectivity index is 1.58. The average molecular weight is 395 g/mol. The van der Waals surface area contributed by atoms with Crippen molar-refractivity contribution in [2.24, 2.45) is 5.92 Å². The van der Waals surface area contributed by atoms with Gasteiger partial charge in [0.15, 0.2) is 0 Å². The smallest absolute Gasteiger partial charge is 0.258 e. The fourth-order valence-corrected chi connectivity index (χ4v) is 4.02. The molecule has 29 heavy (non-hydrogen) atoms. The number of nitrogens with zero attached hydrogens (tertiary/aromatic N) is 2. The Kier molecular flexibility index (Phi) is 5.33. The molecule has 8 heteroatoms. The second kappa shape index (κ2) is 8.06. The standard InChI is InChI=1S/C21H25N5O3/c1-13-6-5-9-26(12-13)21-24-18-17(20(29)25-21)15(10-16(27)23-18)19(28)22-11-14-7-3-2-4-8-14/h2-4,7-8,13,15H,5-6,9-12H2,1H3,(H,22,28)(H2,23,24,25,27,29). The van der Waals surface area contributed by atoms with E-state index in [0.29, 0.717) is 18.4 Å². The normalized spacial score (nSPS) is 21.3. The number of aromatic nitrogens is 2. The Morgan fingerprint density at radius 1 is 1.28 bits per heavy atom. The number of piperidine rings is 1. The van der Waals surface area contributed by atoms with Gasteiger partial charge in [-0.1, -0.05) is 37.3 Å². The van der Waals surface area contributed by atoms with Crippen molar-refractivity contribution in [3.05, 3.63) is 51.8 Å². The zero-order chi connectivity index (χ0) is 20.4. The molecule has 2 aromatic rings. The Morgan fingerprint density at radius 2 is 2.07 bits per heavy atom. The molecular formula is C21H25N5O3. The SMILES string of the molecule is CC1CCCN(c2nc3c(c(=O)[nH]2)C(C(=O)NCc2ccccc2)CC(=O)N3)C1. The summed E-state index contributed by atoms with van der Waals surface area (Å²) in [5, 5.41) is 5.50. The van der Waals surface area contributed by atoms with E-state index in [4.69, 9.17) is 0 Å². The molecule has 1 fully saturated rings. The molecule has 1 saturated heterocycles. The van der Waals surface area contributed by atoms with E-state index in [0.717, 1.165) is 31.5 Å². The molecule has 2 amide bonds. The molecular weight excluding hydrogens is 370 g/mol. The van der Waals surface area contributed by atoms with Crippen molar-refractivity contribution < 1.29 is 9.59 Å². The van der Waals surface area contributed by atoms with E-state index in [1.165, 1.54) is 0 Å². The molecule has 2 aliphatic heterocycles. The van der Waals surface area contributed by atoms with Crippen LogP contribution >= 0.6 is 0 Å². The van der Waals surface area contributed by atoms with Crippen molar-refractivity contribution in [2.45, 2.75) is 38.6 Å². The number of rotatable bonds is 4. The third kappa shape index (κ3) is 4.16. The van der Waals surface area contributed by atoms with Crippen molar-refractivity contribution in [1.82, 2.24) is 15.3 Å². The molecule has 152 valence electrons. The lowest BCUT2D eigenvalue weighted by Gasteiger charge is -2.32. The van der Waals surface area contributed by atoms with Crippen LogP contribution in [-0.2, 0) is 16.1 Å². The van der Waals surface area contributed by atoms with Crippen LogP contribution in [0.25, 0.3) is 0 Å². The van der Waals surface area contributed by atoms with Crippen molar-refractivity contribution >= 4 is 23.6 Å². The number of carbonyl (C=O) groups excluding carboxylic acids is 2. The minimum atomic E-state index is -0.854. The van der Waals surface area contributed by atoms with Crippen LogP contribution in [0.15, 0.2) is 35.1 Å². The topological polar surface area (TPSA) is 107 Å². The van der Waals surface area contributed by atoms with Crippen molar-refractivity contribution in [1.29, 1.82) is 0 Å². The number of carbonyl (C=O) groups is 2. The maximum atomic E-state index is 12.9. The van der Waals surface area contributed by atoms with Crippen LogP contribution in [0.3, 0.4) is 0 Å². The van der Waals surface area contributed by atoms with Gasteiger partial charge in [-0.25, -0.2) is 0 Å². The summed E-state index contributed by atoms with van der Waals surface area (Å²) in [4.78, 5) is 47.2.